The van der Waals surface area contributed by atoms with Crippen molar-refractivity contribution in [1.29, 1.82) is 0 Å². The molecule has 5 nitrogen and oxygen atoms in total. The van der Waals surface area contributed by atoms with Crippen LogP contribution >= 0.6 is 0 Å². The van der Waals surface area contributed by atoms with Gasteiger partial charge in [-0.3, -0.25) is 0 Å². The molecule has 13 aromatic rings. The molecule has 0 fully saturated rings. The van der Waals surface area contributed by atoms with Gasteiger partial charge in [0.05, 0.1) is 16.7 Å². The fourth-order valence-corrected chi connectivity index (χ4v) is 9.49. The summed E-state index contributed by atoms with van der Waals surface area (Å²) >= 11 is 0. The standard InChI is InChI=1S/C57H34N4O/c1-2-15-35(16-3-1)36-20-14-21-40(29-36)55-58-56(48-31-39-19-6-7-22-41(39)42-23-8-9-24-43(42)48)60-57(59-55)49-34-54-47(45-26-11-13-28-53(45)62-54)33-52(49)61-50-27-12-10-25-44(50)46-30-37-17-4-5-18-38(37)32-51(46)61/h1-34H. The first-order valence-corrected chi connectivity index (χ1v) is 20.9. The van der Waals surface area contributed by atoms with Gasteiger partial charge in [0.2, 0.25) is 0 Å². The first-order valence-electron chi connectivity index (χ1n) is 20.9. The molecule has 0 aliphatic heterocycles. The maximum atomic E-state index is 6.64. The number of fused-ring (bicyclic) bond motifs is 10. The number of hydrogen-bond acceptors (Lipinski definition) is 4. The first kappa shape index (κ1) is 34.5. The van der Waals surface area contributed by atoms with Crippen molar-refractivity contribution in [2.45, 2.75) is 0 Å². The maximum Gasteiger partial charge on any atom is 0.166 e. The minimum Gasteiger partial charge on any atom is -0.456 e. The van der Waals surface area contributed by atoms with Gasteiger partial charge in [-0.25, -0.2) is 15.0 Å². The Bertz CT molecular complexity index is 3940. The van der Waals surface area contributed by atoms with Gasteiger partial charge in [-0.05, 0) is 92.0 Å². The van der Waals surface area contributed by atoms with Crippen LogP contribution in [0.3, 0.4) is 0 Å². The van der Waals surface area contributed by atoms with Gasteiger partial charge in [-0.2, -0.15) is 0 Å². The van der Waals surface area contributed by atoms with Crippen molar-refractivity contribution < 1.29 is 4.42 Å². The molecule has 62 heavy (non-hydrogen) atoms. The second-order valence-corrected chi connectivity index (χ2v) is 16.0. The number of hydrogen-bond donors (Lipinski definition) is 0. The van der Waals surface area contributed by atoms with Gasteiger partial charge < -0.3 is 8.98 Å². The minimum atomic E-state index is 0.552. The lowest BCUT2D eigenvalue weighted by molar-refractivity contribution is 0.669. The topological polar surface area (TPSA) is 56.7 Å². The molecule has 288 valence electrons. The smallest absolute Gasteiger partial charge is 0.166 e. The molecule has 0 radical (unpaired) electrons. The molecule has 0 amide bonds. The van der Waals surface area contributed by atoms with E-state index in [1.165, 1.54) is 26.9 Å². The highest BCUT2D eigenvalue weighted by molar-refractivity contribution is 6.16. The lowest BCUT2D eigenvalue weighted by Crippen LogP contribution is -2.04. The van der Waals surface area contributed by atoms with E-state index in [9.17, 15) is 0 Å². The summed E-state index contributed by atoms with van der Waals surface area (Å²) in [4.78, 5) is 16.3. The minimum absolute atomic E-state index is 0.552. The highest BCUT2D eigenvalue weighted by Crippen LogP contribution is 2.42. The lowest BCUT2D eigenvalue weighted by atomic mass is 9.96. The summed E-state index contributed by atoms with van der Waals surface area (Å²) in [7, 11) is 0. The van der Waals surface area contributed by atoms with E-state index in [2.05, 4.69) is 193 Å². The predicted molar refractivity (Wildman–Crippen MR) is 256 cm³/mol. The van der Waals surface area contributed by atoms with Gasteiger partial charge in [-0.15, -0.1) is 0 Å². The number of nitrogens with zero attached hydrogens (tertiary/aromatic N) is 4. The van der Waals surface area contributed by atoms with Crippen LogP contribution in [0.25, 0.3) is 127 Å². The summed E-state index contributed by atoms with van der Waals surface area (Å²) in [6.07, 6.45) is 0. The van der Waals surface area contributed by atoms with Gasteiger partial charge in [-0.1, -0.05) is 158 Å². The van der Waals surface area contributed by atoms with Crippen molar-refractivity contribution in [1.82, 2.24) is 19.5 Å². The van der Waals surface area contributed by atoms with Crippen LogP contribution in [0.4, 0.5) is 0 Å². The summed E-state index contributed by atoms with van der Waals surface area (Å²) in [6.45, 7) is 0. The SMILES string of the molecule is c1ccc(-c2cccc(-c3nc(-c4cc5oc6ccccc6c5cc4-n4c5ccccc5c5cc6ccccc6cc54)nc(-c4cc5ccccc5c5ccccc45)n3)c2)cc1. The fraction of sp³-hybridized carbons (Fsp3) is 0. The van der Waals surface area contributed by atoms with Gasteiger partial charge >= 0.3 is 0 Å². The summed E-state index contributed by atoms with van der Waals surface area (Å²) in [5.74, 6) is 1.74. The third-order valence-corrected chi connectivity index (χ3v) is 12.4. The van der Waals surface area contributed by atoms with E-state index in [1.807, 2.05) is 18.2 Å². The summed E-state index contributed by atoms with van der Waals surface area (Å²) in [6, 6.07) is 72.8. The van der Waals surface area contributed by atoms with E-state index >= 15 is 0 Å². The van der Waals surface area contributed by atoms with Gasteiger partial charge in [0.25, 0.3) is 0 Å². The Kier molecular flexibility index (Phi) is 7.54. The van der Waals surface area contributed by atoms with Crippen molar-refractivity contribution in [2.24, 2.45) is 0 Å². The molecule has 0 saturated carbocycles. The Balaban J connectivity index is 1.15. The molecule has 0 atom stereocenters. The third kappa shape index (κ3) is 5.38. The molecule has 0 bridgehead atoms. The molecule has 0 aliphatic carbocycles. The molecule has 3 aromatic heterocycles. The van der Waals surface area contributed by atoms with Crippen LogP contribution < -0.4 is 0 Å². The van der Waals surface area contributed by atoms with Crippen molar-refractivity contribution in [2.75, 3.05) is 0 Å². The molecule has 0 aliphatic rings. The van der Waals surface area contributed by atoms with Crippen LogP contribution in [0, 0.1) is 0 Å². The summed E-state index contributed by atoms with van der Waals surface area (Å²) in [5, 5.41) is 11.3. The van der Waals surface area contributed by atoms with Crippen LogP contribution in [-0.4, -0.2) is 19.5 Å². The zero-order valence-corrected chi connectivity index (χ0v) is 33.3. The van der Waals surface area contributed by atoms with E-state index in [0.717, 1.165) is 82.6 Å². The summed E-state index contributed by atoms with van der Waals surface area (Å²) < 4.78 is 9.03. The molecule has 0 spiro atoms. The Morgan fingerprint density at radius 1 is 0.306 bits per heavy atom. The van der Waals surface area contributed by atoms with E-state index in [-0.39, 0.29) is 0 Å². The average Bonchev–Trinajstić information content (AvgIpc) is 3.87. The largest absolute Gasteiger partial charge is 0.456 e. The quantitative estimate of drug-likeness (QED) is 0.163. The molecule has 10 aromatic carbocycles. The Morgan fingerprint density at radius 3 is 1.76 bits per heavy atom. The highest BCUT2D eigenvalue weighted by Gasteiger charge is 2.23. The van der Waals surface area contributed by atoms with Crippen LogP contribution in [-0.2, 0) is 0 Å². The van der Waals surface area contributed by atoms with Crippen LogP contribution in [0.5, 0.6) is 0 Å². The van der Waals surface area contributed by atoms with Crippen LogP contribution in [0.1, 0.15) is 0 Å². The van der Waals surface area contributed by atoms with Crippen LogP contribution in [0.2, 0.25) is 0 Å². The normalized spacial score (nSPS) is 11.9. The first-order chi connectivity index (χ1) is 30.7. The Morgan fingerprint density at radius 2 is 0.919 bits per heavy atom. The fourth-order valence-electron chi connectivity index (χ4n) is 9.49. The molecule has 3 heterocycles. The van der Waals surface area contributed by atoms with Crippen molar-refractivity contribution in [3.63, 3.8) is 0 Å². The molecule has 13 rings (SSSR count). The monoisotopic (exact) mass is 790 g/mol. The maximum absolute atomic E-state index is 6.64. The number of benzene rings is 10. The molecule has 5 heteroatoms. The zero-order chi connectivity index (χ0) is 40.7. The lowest BCUT2D eigenvalue weighted by Gasteiger charge is -2.16. The van der Waals surface area contributed by atoms with Gasteiger partial charge in [0.15, 0.2) is 17.5 Å². The molecular formula is C57H34N4O. The summed E-state index contributed by atoms with van der Waals surface area (Å²) in [5.41, 5.74) is 9.63. The van der Waals surface area contributed by atoms with Gasteiger partial charge in [0, 0.05) is 38.2 Å². The van der Waals surface area contributed by atoms with Crippen molar-refractivity contribution in [3.8, 4) is 51.0 Å². The molecule has 0 N–H and O–H groups in total. The van der Waals surface area contributed by atoms with Gasteiger partial charge in [0.1, 0.15) is 11.2 Å². The number of furan rings is 1. The molecule has 0 saturated heterocycles. The second-order valence-electron chi connectivity index (χ2n) is 16.0. The van der Waals surface area contributed by atoms with Crippen LogP contribution in [0.15, 0.2) is 211 Å². The number of rotatable bonds is 5. The van der Waals surface area contributed by atoms with E-state index in [1.54, 1.807) is 0 Å². The Hall–Kier alpha value is -8.41. The molecular weight excluding hydrogens is 757 g/mol. The van der Waals surface area contributed by atoms with E-state index in [4.69, 9.17) is 19.4 Å². The number of para-hydroxylation sites is 2. The Labute approximate surface area is 355 Å². The van der Waals surface area contributed by atoms with Crippen molar-refractivity contribution >= 4 is 76.1 Å². The van der Waals surface area contributed by atoms with Crippen molar-refractivity contribution in [3.05, 3.63) is 206 Å². The molecule has 0 unspecified atom stereocenters. The second kappa shape index (κ2) is 13.6. The third-order valence-electron chi connectivity index (χ3n) is 12.4. The zero-order valence-electron chi connectivity index (χ0n) is 33.3. The van der Waals surface area contributed by atoms with E-state index < -0.39 is 0 Å². The van der Waals surface area contributed by atoms with E-state index in [0.29, 0.717) is 17.5 Å². The highest BCUT2D eigenvalue weighted by atomic mass is 16.3. The number of aromatic nitrogens is 4. The predicted octanol–water partition coefficient (Wildman–Crippen LogP) is 15.0. The average molecular weight is 791 g/mol.